The molecule has 0 fully saturated rings. The standard InChI is InChI=1S/C18H18FN3O3S/c1-4-25-17(24)12-9(2)20-15-14(16(23)22-18(21-15)26-3)13(12)10-5-7-11(19)8-6-10/h5-8,13H,4H2,1-3H3,(H2,20,21,22,23)/t13-/m1/s1. The van der Waals surface area contributed by atoms with Crippen molar-refractivity contribution in [2.45, 2.75) is 24.9 Å². The molecule has 8 heteroatoms. The Balaban J connectivity index is 2.25. The summed E-state index contributed by atoms with van der Waals surface area (Å²) in [5.74, 6) is -1.23. The normalized spacial score (nSPS) is 16.1. The van der Waals surface area contributed by atoms with Gasteiger partial charge in [-0.3, -0.25) is 4.79 Å². The van der Waals surface area contributed by atoms with Crippen molar-refractivity contribution in [1.29, 1.82) is 0 Å². The van der Waals surface area contributed by atoms with E-state index in [1.807, 2.05) is 0 Å². The van der Waals surface area contributed by atoms with Crippen molar-refractivity contribution < 1.29 is 13.9 Å². The molecule has 3 rings (SSSR count). The van der Waals surface area contributed by atoms with Crippen LogP contribution in [0.15, 0.2) is 45.5 Å². The Labute approximate surface area is 153 Å². The third-order valence-corrected chi connectivity index (χ3v) is 4.69. The van der Waals surface area contributed by atoms with Gasteiger partial charge in [-0.2, -0.15) is 0 Å². The minimum atomic E-state index is -0.696. The fraction of sp³-hybridized carbons (Fsp3) is 0.278. The quantitative estimate of drug-likeness (QED) is 0.485. The van der Waals surface area contributed by atoms with Gasteiger partial charge >= 0.3 is 5.97 Å². The second-order valence-corrected chi connectivity index (χ2v) is 6.50. The zero-order chi connectivity index (χ0) is 18.8. The first kappa shape index (κ1) is 18.2. The number of anilines is 1. The zero-order valence-corrected chi connectivity index (χ0v) is 15.4. The van der Waals surface area contributed by atoms with Crippen LogP contribution in [0.3, 0.4) is 0 Å². The molecule has 136 valence electrons. The molecule has 0 bridgehead atoms. The maximum atomic E-state index is 13.4. The maximum Gasteiger partial charge on any atom is 0.336 e. The summed E-state index contributed by atoms with van der Waals surface area (Å²) in [6.07, 6.45) is 1.80. The number of carbonyl (C=O) groups excluding carboxylic acids is 1. The summed E-state index contributed by atoms with van der Waals surface area (Å²) in [6.45, 7) is 3.65. The number of fused-ring (bicyclic) bond motifs is 1. The van der Waals surface area contributed by atoms with Crippen LogP contribution in [-0.2, 0) is 9.53 Å². The number of aromatic amines is 1. The number of ether oxygens (including phenoxy) is 1. The van der Waals surface area contributed by atoms with Gasteiger partial charge in [-0.15, -0.1) is 0 Å². The molecule has 1 aromatic carbocycles. The van der Waals surface area contributed by atoms with Gasteiger partial charge in [0.1, 0.15) is 11.6 Å². The average Bonchev–Trinajstić information content (AvgIpc) is 2.61. The number of esters is 1. The number of benzene rings is 1. The van der Waals surface area contributed by atoms with E-state index in [0.717, 1.165) is 0 Å². The highest BCUT2D eigenvalue weighted by Gasteiger charge is 2.36. The van der Waals surface area contributed by atoms with E-state index in [1.165, 1.54) is 23.9 Å². The monoisotopic (exact) mass is 375 g/mol. The second kappa shape index (κ2) is 7.33. The lowest BCUT2D eigenvalue weighted by Gasteiger charge is -2.28. The van der Waals surface area contributed by atoms with Gasteiger partial charge in [0.15, 0.2) is 5.16 Å². The van der Waals surface area contributed by atoms with Crippen LogP contribution < -0.4 is 10.9 Å². The second-order valence-electron chi connectivity index (χ2n) is 5.71. The first-order valence-corrected chi connectivity index (χ1v) is 9.27. The maximum absolute atomic E-state index is 13.4. The number of hydrogen-bond donors (Lipinski definition) is 2. The molecule has 2 N–H and O–H groups in total. The molecule has 1 aliphatic heterocycles. The Morgan fingerprint density at radius 1 is 1.35 bits per heavy atom. The summed E-state index contributed by atoms with van der Waals surface area (Å²) < 4.78 is 18.6. The van der Waals surface area contributed by atoms with E-state index < -0.39 is 17.7 Å². The fourth-order valence-electron chi connectivity index (χ4n) is 3.00. The molecule has 6 nitrogen and oxygen atoms in total. The molecular weight excluding hydrogens is 357 g/mol. The van der Waals surface area contributed by atoms with Crippen LogP contribution >= 0.6 is 11.8 Å². The molecule has 1 atom stereocenters. The third-order valence-electron chi connectivity index (χ3n) is 4.11. The minimum absolute atomic E-state index is 0.207. The van der Waals surface area contributed by atoms with Crippen LogP contribution in [-0.4, -0.2) is 28.8 Å². The van der Waals surface area contributed by atoms with Crippen molar-refractivity contribution in [3.63, 3.8) is 0 Å². The van der Waals surface area contributed by atoms with Crippen LogP contribution in [0.5, 0.6) is 0 Å². The first-order chi connectivity index (χ1) is 12.5. The minimum Gasteiger partial charge on any atom is -0.463 e. The van der Waals surface area contributed by atoms with Gasteiger partial charge in [0.2, 0.25) is 0 Å². The fourth-order valence-corrected chi connectivity index (χ4v) is 3.37. The molecule has 2 heterocycles. The van der Waals surface area contributed by atoms with E-state index in [1.54, 1.807) is 32.2 Å². The summed E-state index contributed by atoms with van der Waals surface area (Å²) in [5.41, 5.74) is 1.44. The third kappa shape index (κ3) is 3.24. The van der Waals surface area contributed by atoms with E-state index in [-0.39, 0.29) is 12.2 Å². The van der Waals surface area contributed by atoms with Crippen LogP contribution in [0.25, 0.3) is 0 Å². The largest absolute Gasteiger partial charge is 0.463 e. The number of halogens is 1. The van der Waals surface area contributed by atoms with Gasteiger partial charge in [0, 0.05) is 5.70 Å². The smallest absolute Gasteiger partial charge is 0.336 e. The Kier molecular flexibility index (Phi) is 5.13. The molecule has 0 saturated heterocycles. The van der Waals surface area contributed by atoms with Gasteiger partial charge in [0.05, 0.1) is 23.7 Å². The van der Waals surface area contributed by atoms with E-state index in [2.05, 4.69) is 15.3 Å². The molecule has 0 saturated carbocycles. The highest BCUT2D eigenvalue weighted by atomic mass is 32.2. The van der Waals surface area contributed by atoms with Crippen molar-refractivity contribution in [2.75, 3.05) is 18.2 Å². The lowest BCUT2D eigenvalue weighted by atomic mass is 9.82. The Morgan fingerprint density at radius 3 is 2.65 bits per heavy atom. The first-order valence-electron chi connectivity index (χ1n) is 8.04. The summed E-state index contributed by atoms with van der Waals surface area (Å²) >= 11 is 1.31. The number of H-pyrrole nitrogens is 1. The number of nitrogens with one attached hydrogen (secondary N) is 2. The van der Waals surface area contributed by atoms with Gasteiger partial charge in [-0.05, 0) is 37.8 Å². The van der Waals surface area contributed by atoms with E-state index in [9.17, 15) is 14.0 Å². The van der Waals surface area contributed by atoms with Crippen LogP contribution in [0, 0.1) is 5.82 Å². The number of allylic oxidation sites excluding steroid dienone is 1. The lowest BCUT2D eigenvalue weighted by Crippen LogP contribution is -2.31. The van der Waals surface area contributed by atoms with Crippen molar-refractivity contribution in [2.24, 2.45) is 0 Å². The van der Waals surface area contributed by atoms with E-state index >= 15 is 0 Å². The molecule has 1 aliphatic rings. The molecular formula is C18H18FN3O3S. The molecule has 0 radical (unpaired) electrons. The number of carbonyl (C=O) groups is 1. The predicted molar refractivity (Wildman–Crippen MR) is 97.8 cm³/mol. The number of thioether (sulfide) groups is 1. The molecule has 0 amide bonds. The molecule has 2 aromatic rings. The van der Waals surface area contributed by atoms with Crippen molar-refractivity contribution in [1.82, 2.24) is 9.97 Å². The number of rotatable bonds is 4. The highest BCUT2D eigenvalue weighted by Crippen LogP contribution is 2.39. The van der Waals surface area contributed by atoms with E-state index in [4.69, 9.17) is 4.74 Å². The average molecular weight is 375 g/mol. The number of aromatic nitrogens is 2. The summed E-state index contributed by atoms with van der Waals surface area (Å²) in [4.78, 5) is 32.4. The lowest BCUT2D eigenvalue weighted by molar-refractivity contribution is -0.138. The summed E-state index contributed by atoms with van der Waals surface area (Å²) in [6, 6.07) is 5.72. The van der Waals surface area contributed by atoms with Gasteiger partial charge in [-0.25, -0.2) is 14.2 Å². The van der Waals surface area contributed by atoms with Crippen molar-refractivity contribution in [3.05, 3.63) is 62.8 Å². The van der Waals surface area contributed by atoms with Crippen molar-refractivity contribution in [3.8, 4) is 0 Å². The molecule has 0 spiro atoms. The SMILES string of the molecule is CCOC(=O)C1=C(C)Nc2nc(SC)[nH]c(=O)c2[C@@H]1c1ccc(F)cc1. The van der Waals surface area contributed by atoms with Gasteiger partial charge in [-0.1, -0.05) is 23.9 Å². The molecule has 1 aromatic heterocycles. The molecule has 0 unspecified atom stereocenters. The Morgan fingerprint density at radius 2 is 2.04 bits per heavy atom. The van der Waals surface area contributed by atoms with Crippen molar-refractivity contribution >= 4 is 23.5 Å². The summed E-state index contributed by atoms with van der Waals surface area (Å²) in [7, 11) is 0. The van der Waals surface area contributed by atoms with Gasteiger partial charge in [0.25, 0.3) is 5.56 Å². The topological polar surface area (TPSA) is 84.1 Å². The van der Waals surface area contributed by atoms with E-state index in [0.29, 0.717) is 33.4 Å². The number of hydrogen-bond acceptors (Lipinski definition) is 6. The Hall–Kier alpha value is -2.61. The van der Waals surface area contributed by atoms with Crippen LogP contribution in [0.1, 0.15) is 30.9 Å². The molecule has 26 heavy (non-hydrogen) atoms. The zero-order valence-electron chi connectivity index (χ0n) is 14.6. The summed E-state index contributed by atoms with van der Waals surface area (Å²) in [5, 5.41) is 3.50. The highest BCUT2D eigenvalue weighted by molar-refractivity contribution is 7.98. The van der Waals surface area contributed by atoms with Crippen LogP contribution in [0.4, 0.5) is 10.2 Å². The number of nitrogens with zero attached hydrogens (tertiary/aromatic N) is 1. The predicted octanol–water partition coefficient (Wildman–Crippen LogP) is 3.03. The Bertz CT molecular complexity index is 938. The van der Waals surface area contributed by atoms with Gasteiger partial charge < -0.3 is 15.0 Å². The van der Waals surface area contributed by atoms with Crippen LogP contribution in [0.2, 0.25) is 0 Å². The molecule has 0 aliphatic carbocycles.